The molecule has 0 aromatic carbocycles. The smallest absolute Gasteiger partial charge is 0.0653 e. The first-order valence-corrected chi connectivity index (χ1v) is 15.6. The van der Waals surface area contributed by atoms with Crippen molar-refractivity contribution in [2.45, 2.75) is 70.6 Å². The van der Waals surface area contributed by atoms with Gasteiger partial charge in [-0.05, 0) is 32.1 Å². The molecule has 1 aliphatic heterocycles. The van der Waals surface area contributed by atoms with Crippen molar-refractivity contribution in [1.29, 1.82) is 0 Å². The molecule has 1 saturated heterocycles. The molecule has 1 aliphatic rings. The molecule has 0 saturated carbocycles. The van der Waals surface area contributed by atoms with Crippen molar-refractivity contribution in [2.75, 3.05) is 19.9 Å². The van der Waals surface area contributed by atoms with Gasteiger partial charge in [-0.3, -0.25) is 0 Å². The van der Waals surface area contributed by atoms with E-state index in [-0.39, 0.29) is 0 Å². The van der Waals surface area contributed by atoms with Gasteiger partial charge < -0.3 is 0 Å². The van der Waals surface area contributed by atoms with Gasteiger partial charge in [0.1, 0.15) is 7.41 Å². The van der Waals surface area contributed by atoms with Gasteiger partial charge >= 0.3 is 0 Å². The predicted molar refractivity (Wildman–Crippen MR) is 109 cm³/mol. The molecular weight excluding hydrogens is 395 g/mol. The summed E-state index contributed by atoms with van der Waals surface area (Å²) in [5, 5.41) is -1.04. The molecule has 0 unspecified atom stereocenters. The number of unbranched alkanes of at least 4 members (excludes halogenated alkanes) is 1. The molecule has 1 nitrogen and oxygen atoms in total. The third kappa shape index (κ3) is 3.79. The van der Waals surface area contributed by atoms with Crippen molar-refractivity contribution >= 4 is 34.5 Å². The summed E-state index contributed by atoms with van der Waals surface area (Å²) in [6.07, 6.45) is 8.31. The van der Waals surface area contributed by atoms with Gasteiger partial charge in [-0.1, -0.05) is 38.2 Å². The minimum absolute atomic E-state index is 0.962. The van der Waals surface area contributed by atoms with E-state index in [2.05, 4.69) is 73.0 Å². The van der Waals surface area contributed by atoms with Crippen molar-refractivity contribution < 1.29 is 0 Å². The van der Waals surface area contributed by atoms with E-state index >= 15 is 0 Å². The quantitative estimate of drug-likeness (QED) is 0.295. The summed E-state index contributed by atoms with van der Waals surface area (Å²) in [5.74, 6) is 2.29. The van der Waals surface area contributed by atoms with E-state index in [1.165, 1.54) is 45.1 Å². The summed E-state index contributed by atoms with van der Waals surface area (Å²) in [5.41, 5.74) is 1.92. The topological polar surface area (TPSA) is 3.24 Å². The largest absolute Gasteiger partial charge is 0.187 e. The van der Waals surface area contributed by atoms with Crippen LogP contribution in [0.2, 0.25) is 0 Å². The molecule has 0 aromatic heterocycles. The average molecular weight is 429 g/mol. The lowest BCUT2D eigenvalue weighted by atomic mass is 10.1. The maximum Gasteiger partial charge on any atom is 0.187 e. The van der Waals surface area contributed by atoms with Gasteiger partial charge in [-0.15, -0.1) is 0 Å². The number of halogens is 1. The highest BCUT2D eigenvalue weighted by Gasteiger charge is 2.64. The predicted octanol–water partition coefficient (Wildman–Crippen LogP) is 7.06. The van der Waals surface area contributed by atoms with Crippen molar-refractivity contribution in [3.05, 3.63) is 12.4 Å². The van der Waals surface area contributed by atoms with Gasteiger partial charge in [-0.2, -0.15) is 0 Å². The van der Waals surface area contributed by atoms with Gasteiger partial charge in [-0.25, -0.2) is 0 Å². The number of hydrogen-bond donors (Lipinski definition) is 0. The zero-order chi connectivity index (χ0) is 15.4. The molecule has 2 atom stereocenters. The maximum absolute atomic E-state index is 4.19. The molecule has 0 N–H and O–H groups in total. The Kier molecular flexibility index (Phi) is 7.96. The minimum Gasteiger partial charge on any atom is -0.0653 e. The van der Waals surface area contributed by atoms with Crippen LogP contribution in [0.5, 0.6) is 0 Å². The molecule has 0 aromatic rings. The highest BCUT2D eigenvalue weighted by Crippen LogP contribution is 2.89. The van der Waals surface area contributed by atoms with Crippen LogP contribution in [0.25, 0.3) is 0 Å². The van der Waals surface area contributed by atoms with E-state index in [1.807, 2.05) is 0 Å². The lowest BCUT2D eigenvalue weighted by molar-refractivity contribution is 0.617. The van der Waals surface area contributed by atoms with E-state index in [0.717, 1.165) is 11.3 Å². The van der Waals surface area contributed by atoms with Crippen molar-refractivity contribution in [2.24, 2.45) is 0 Å². The van der Waals surface area contributed by atoms with Crippen LogP contribution in [0.15, 0.2) is 12.4 Å². The normalized spacial score (nSPS) is 26.1. The Morgan fingerprint density at radius 1 is 1.20 bits per heavy atom. The van der Waals surface area contributed by atoms with Gasteiger partial charge in [0.15, 0.2) is 27.1 Å². The molecule has 118 valence electrons. The average Bonchev–Trinajstić information content (AvgIpc) is 2.75. The molecular formula is C16H34INP2+2. The Balaban J connectivity index is 3.15. The first-order chi connectivity index (χ1) is 9.38. The lowest BCUT2D eigenvalue weighted by Gasteiger charge is -2.38. The Morgan fingerprint density at radius 2 is 1.70 bits per heavy atom. The van der Waals surface area contributed by atoms with E-state index in [9.17, 15) is 0 Å². The maximum atomic E-state index is 4.19. The van der Waals surface area contributed by atoms with Crippen LogP contribution < -0.4 is 0 Å². The monoisotopic (exact) mass is 429 g/mol. The summed E-state index contributed by atoms with van der Waals surface area (Å²) in [7, 11) is -1.14. The Labute approximate surface area is 141 Å². The van der Waals surface area contributed by atoms with Crippen molar-refractivity contribution in [1.82, 2.24) is 4.44 Å². The highest BCUT2D eigenvalue weighted by molar-refractivity contribution is 14.2. The van der Waals surface area contributed by atoms with Crippen LogP contribution >= 0.6 is 34.5 Å². The Bertz CT molecular complexity index is 308. The van der Waals surface area contributed by atoms with Crippen LogP contribution in [0, 0.1) is 0 Å². The molecule has 0 spiro atoms. The first kappa shape index (κ1) is 19.3. The van der Waals surface area contributed by atoms with Crippen LogP contribution in [-0.4, -0.2) is 35.6 Å². The molecule has 0 radical (unpaired) electrons. The molecule has 0 bridgehead atoms. The van der Waals surface area contributed by atoms with E-state index in [1.54, 1.807) is 0 Å². The SMILES string of the molecule is C=C[P+](C)(C)N(CCCC)[P+]1(I)[C@H](CC)CC[C@H]1CC. The van der Waals surface area contributed by atoms with Gasteiger partial charge in [0.2, 0.25) is 0 Å². The van der Waals surface area contributed by atoms with E-state index < -0.39 is 12.5 Å². The molecule has 1 heterocycles. The molecule has 20 heavy (non-hydrogen) atoms. The first-order valence-electron chi connectivity index (χ1n) is 8.22. The van der Waals surface area contributed by atoms with Gasteiger partial charge in [0, 0.05) is 0 Å². The Morgan fingerprint density at radius 3 is 2.05 bits per heavy atom. The highest BCUT2D eigenvalue weighted by atomic mass is 127. The third-order valence-corrected chi connectivity index (χ3v) is 21.0. The fourth-order valence-corrected chi connectivity index (χ4v) is 21.3. The summed E-state index contributed by atoms with van der Waals surface area (Å²) >= 11 is 2.96. The van der Waals surface area contributed by atoms with Gasteiger partial charge in [0.25, 0.3) is 0 Å². The van der Waals surface area contributed by atoms with Crippen molar-refractivity contribution in [3.8, 4) is 0 Å². The second-order valence-electron chi connectivity index (χ2n) is 6.46. The summed E-state index contributed by atoms with van der Waals surface area (Å²) in [6, 6.07) is 0. The van der Waals surface area contributed by atoms with Crippen LogP contribution in [-0.2, 0) is 0 Å². The van der Waals surface area contributed by atoms with Crippen LogP contribution in [0.4, 0.5) is 0 Å². The third-order valence-electron chi connectivity index (χ3n) is 4.91. The fraction of sp³-hybridized carbons (Fsp3) is 0.875. The molecule has 1 rings (SSSR count). The second kappa shape index (κ2) is 8.23. The van der Waals surface area contributed by atoms with Crippen LogP contribution in [0.1, 0.15) is 59.3 Å². The molecule has 1 fully saturated rings. The zero-order valence-corrected chi connectivity index (χ0v) is 18.1. The zero-order valence-electron chi connectivity index (χ0n) is 14.1. The summed E-state index contributed by atoms with van der Waals surface area (Å²) in [4.78, 5) is 0. The van der Waals surface area contributed by atoms with E-state index in [4.69, 9.17) is 0 Å². The Hall–Kier alpha value is 1.29. The van der Waals surface area contributed by atoms with Gasteiger partial charge in [0.05, 0.1) is 37.0 Å². The standard InChI is InChI=1S/C16H34INP2/c1-7-11-14-18(19(5,6)10-4)20(17)15(8-2)12-13-16(20)9-3/h10,15-16H,4,7-9,11-14H2,1-3,5-6H3/q+2/t15-,16-/m1/s1. The minimum atomic E-state index is -1.14. The second-order valence-corrected chi connectivity index (χ2v) is 18.5. The lowest BCUT2D eigenvalue weighted by Crippen LogP contribution is -2.29. The molecule has 0 aliphatic carbocycles. The van der Waals surface area contributed by atoms with Crippen LogP contribution in [0.3, 0.4) is 0 Å². The fourth-order valence-electron chi connectivity index (χ4n) is 3.50. The summed E-state index contributed by atoms with van der Waals surface area (Å²) < 4.78 is 3.01. The molecule has 0 amide bonds. The number of rotatable bonds is 8. The number of nitrogens with zero attached hydrogens (tertiary/aromatic N) is 1. The van der Waals surface area contributed by atoms with Crippen molar-refractivity contribution in [3.63, 3.8) is 0 Å². The number of hydrogen-bond acceptors (Lipinski definition) is 1. The molecule has 4 heteroatoms. The van der Waals surface area contributed by atoms with E-state index in [0.29, 0.717) is 0 Å². The summed E-state index contributed by atoms with van der Waals surface area (Å²) in [6.45, 7) is 17.6.